The van der Waals surface area contributed by atoms with Crippen molar-refractivity contribution < 1.29 is 28.6 Å². The van der Waals surface area contributed by atoms with Crippen LogP contribution in [0.3, 0.4) is 0 Å². The van der Waals surface area contributed by atoms with Gasteiger partial charge < -0.3 is 14.2 Å². The van der Waals surface area contributed by atoms with Crippen molar-refractivity contribution in [1.29, 1.82) is 0 Å². The first-order chi connectivity index (χ1) is 29.0. The third-order valence-corrected chi connectivity index (χ3v) is 11.8. The molecule has 0 N–H and O–H groups in total. The van der Waals surface area contributed by atoms with Crippen LogP contribution >= 0.6 is 0 Å². The minimum absolute atomic E-state index is 0.0654. The molecule has 348 valence electrons. The van der Waals surface area contributed by atoms with E-state index in [-0.39, 0.29) is 31.1 Å². The molecule has 0 rings (SSSR count). The minimum Gasteiger partial charge on any atom is -0.462 e. The van der Waals surface area contributed by atoms with E-state index < -0.39 is 6.10 Å². The monoisotopic (exact) mass is 833 g/mol. The lowest BCUT2D eigenvalue weighted by Gasteiger charge is -2.18. The fourth-order valence-corrected chi connectivity index (χ4v) is 7.79. The van der Waals surface area contributed by atoms with Gasteiger partial charge in [-0.25, -0.2) is 0 Å². The van der Waals surface area contributed by atoms with Gasteiger partial charge in [0.05, 0.1) is 0 Å². The van der Waals surface area contributed by atoms with Crippen LogP contribution in [0.25, 0.3) is 0 Å². The molecule has 0 aromatic rings. The van der Waals surface area contributed by atoms with Gasteiger partial charge in [0, 0.05) is 19.3 Å². The van der Waals surface area contributed by atoms with Crippen LogP contribution in [0.15, 0.2) is 12.2 Å². The Morgan fingerprint density at radius 1 is 0.322 bits per heavy atom. The molecule has 0 aliphatic carbocycles. The van der Waals surface area contributed by atoms with Crippen molar-refractivity contribution in [3.05, 3.63) is 12.2 Å². The molecule has 0 aliphatic rings. The second-order valence-corrected chi connectivity index (χ2v) is 17.8. The van der Waals surface area contributed by atoms with Crippen molar-refractivity contribution >= 4 is 17.9 Å². The van der Waals surface area contributed by atoms with Gasteiger partial charge in [-0.1, -0.05) is 238 Å². The predicted octanol–water partition coefficient (Wildman–Crippen LogP) is 17.0. The summed E-state index contributed by atoms with van der Waals surface area (Å²) in [7, 11) is 0. The SMILES string of the molecule is CCCCCCCC/C=C\CCCCCCCCCCCC(=O)OCC(COC(=O)CCCCCCCCCCCCC)OC(=O)CCCCCCCCCCCCC. The lowest BCUT2D eigenvalue weighted by molar-refractivity contribution is -0.167. The summed E-state index contributed by atoms with van der Waals surface area (Å²) >= 11 is 0. The number of allylic oxidation sites excluding steroid dienone is 2. The molecule has 59 heavy (non-hydrogen) atoms. The van der Waals surface area contributed by atoms with E-state index in [1.807, 2.05) is 0 Å². The van der Waals surface area contributed by atoms with Crippen molar-refractivity contribution in [2.75, 3.05) is 13.2 Å². The molecule has 1 unspecified atom stereocenters. The number of carbonyl (C=O) groups excluding carboxylic acids is 3. The van der Waals surface area contributed by atoms with Gasteiger partial charge in [0.15, 0.2) is 6.10 Å². The fraction of sp³-hybridized carbons (Fsp3) is 0.906. The Balaban J connectivity index is 4.25. The minimum atomic E-state index is -0.762. The van der Waals surface area contributed by atoms with Crippen LogP contribution in [-0.2, 0) is 28.6 Å². The highest BCUT2D eigenvalue weighted by Crippen LogP contribution is 2.16. The number of hydrogen-bond donors (Lipinski definition) is 0. The summed E-state index contributed by atoms with van der Waals surface area (Å²) in [5, 5.41) is 0. The summed E-state index contributed by atoms with van der Waals surface area (Å²) in [6.07, 6.45) is 53.4. The number of rotatable bonds is 48. The number of esters is 3. The third-order valence-electron chi connectivity index (χ3n) is 11.8. The molecule has 6 heteroatoms. The predicted molar refractivity (Wildman–Crippen MR) is 252 cm³/mol. The molecule has 6 nitrogen and oxygen atoms in total. The Labute approximate surface area is 367 Å². The maximum Gasteiger partial charge on any atom is 0.306 e. The van der Waals surface area contributed by atoms with Crippen molar-refractivity contribution in [3.63, 3.8) is 0 Å². The molecular weight excluding hydrogens is 733 g/mol. The Kier molecular flexibility index (Phi) is 47.3. The lowest BCUT2D eigenvalue weighted by Crippen LogP contribution is -2.30. The van der Waals surface area contributed by atoms with E-state index >= 15 is 0 Å². The van der Waals surface area contributed by atoms with Crippen LogP contribution in [0.1, 0.15) is 290 Å². The fourth-order valence-electron chi connectivity index (χ4n) is 7.79. The summed E-state index contributed by atoms with van der Waals surface area (Å²) in [4.78, 5) is 37.9. The highest BCUT2D eigenvalue weighted by atomic mass is 16.6. The van der Waals surface area contributed by atoms with Gasteiger partial charge in [-0.05, 0) is 44.9 Å². The van der Waals surface area contributed by atoms with Crippen molar-refractivity contribution in [2.45, 2.75) is 297 Å². The Hall–Kier alpha value is -1.85. The first kappa shape index (κ1) is 57.1. The number of ether oxygens (including phenoxy) is 3. The smallest absolute Gasteiger partial charge is 0.306 e. The molecule has 0 heterocycles. The zero-order valence-corrected chi connectivity index (χ0v) is 39.8. The maximum absolute atomic E-state index is 12.7. The summed E-state index contributed by atoms with van der Waals surface area (Å²) in [6, 6.07) is 0. The maximum atomic E-state index is 12.7. The molecule has 0 aliphatic heterocycles. The van der Waals surface area contributed by atoms with Crippen LogP contribution in [0, 0.1) is 0 Å². The van der Waals surface area contributed by atoms with Crippen LogP contribution in [0.2, 0.25) is 0 Å². The second-order valence-electron chi connectivity index (χ2n) is 17.8. The molecule has 0 spiro atoms. The molecule has 0 amide bonds. The summed E-state index contributed by atoms with van der Waals surface area (Å²) in [5.74, 6) is -0.853. The normalized spacial score (nSPS) is 12.0. The Bertz CT molecular complexity index is 916. The molecule has 0 saturated heterocycles. The van der Waals surface area contributed by atoms with E-state index in [1.165, 1.54) is 193 Å². The molecule has 0 bridgehead atoms. The van der Waals surface area contributed by atoms with Gasteiger partial charge in [-0.2, -0.15) is 0 Å². The molecule has 1 atom stereocenters. The van der Waals surface area contributed by atoms with E-state index in [4.69, 9.17) is 14.2 Å². The van der Waals surface area contributed by atoms with Gasteiger partial charge in [0.25, 0.3) is 0 Å². The van der Waals surface area contributed by atoms with E-state index in [1.54, 1.807) is 0 Å². The third kappa shape index (κ3) is 47.1. The largest absolute Gasteiger partial charge is 0.462 e. The van der Waals surface area contributed by atoms with Crippen LogP contribution in [0.5, 0.6) is 0 Å². The summed E-state index contributed by atoms with van der Waals surface area (Å²) < 4.78 is 16.8. The average Bonchev–Trinajstić information content (AvgIpc) is 3.23. The molecular formula is C53H100O6. The molecule has 0 saturated carbocycles. The first-order valence-electron chi connectivity index (χ1n) is 26.2. The molecule has 0 radical (unpaired) electrons. The number of unbranched alkanes of at least 4 members (excludes halogenated alkanes) is 35. The van der Waals surface area contributed by atoms with Gasteiger partial charge in [0.2, 0.25) is 0 Å². The zero-order chi connectivity index (χ0) is 43.0. The highest BCUT2D eigenvalue weighted by molar-refractivity contribution is 5.71. The number of carbonyl (C=O) groups is 3. The van der Waals surface area contributed by atoms with Crippen molar-refractivity contribution in [2.24, 2.45) is 0 Å². The summed E-state index contributed by atoms with van der Waals surface area (Å²) in [5.41, 5.74) is 0. The van der Waals surface area contributed by atoms with Gasteiger partial charge >= 0.3 is 17.9 Å². The van der Waals surface area contributed by atoms with Gasteiger partial charge in [-0.3, -0.25) is 14.4 Å². The highest BCUT2D eigenvalue weighted by Gasteiger charge is 2.19. The molecule has 0 aromatic carbocycles. The molecule has 0 aromatic heterocycles. The topological polar surface area (TPSA) is 78.9 Å². The van der Waals surface area contributed by atoms with Gasteiger partial charge in [0.1, 0.15) is 13.2 Å². The van der Waals surface area contributed by atoms with Crippen molar-refractivity contribution in [1.82, 2.24) is 0 Å². The van der Waals surface area contributed by atoms with Crippen LogP contribution in [0.4, 0.5) is 0 Å². The first-order valence-corrected chi connectivity index (χ1v) is 26.2. The summed E-state index contributed by atoms with van der Waals surface area (Å²) in [6.45, 7) is 6.65. The molecule has 0 fully saturated rings. The van der Waals surface area contributed by atoms with Crippen molar-refractivity contribution in [3.8, 4) is 0 Å². The van der Waals surface area contributed by atoms with Crippen LogP contribution in [-0.4, -0.2) is 37.2 Å². The lowest BCUT2D eigenvalue weighted by atomic mass is 10.1. The van der Waals surface area contributed by atoms with Crippen LogP contribution < -0.4 is 0 Å². The zero-order valence-electron chi connectivity index (χ0n) is 39.8. The van der Waals surface area contributed by atoms with Gasteiger partial charge in [-0.15, -0.1) is 0 Å². The Morgan fingerprint density at radius 3 is 0.847 bits per heavy atom. The van der Waals surface area contributed by atoms with E-state index in [0.717, 1.165) is 57.8 Å². The second kappa shape index (κ2) is 48.8. The quantitative estimate of drug-likeness (QED) is 0.0263. The van der Waals surface area contributed by atoms with E-state index in [0.29, 0.717) is 19.3 Å². The van der Waals surface area contributed by atoms with E-state index in [9.17, 15) is 14.4 Å². The Morgan fingerprint density at radius 2 is 0.559 bits per heavy atom. The standard InChI is InChI=1S/C53H100O6/c1-4-7-10-13-16-19-22-23-24-25-26-27-28-29-32-34-37-40-43-46-52(55)58-49-50(59-53(56)47-44-41-38-35-31-21-18-15-12-9-6-3)48-57-51(54)45-42-39-36-33-30-20-17-14-11-8-5-2/h23-24,50H,4-22,25-49H2,1-3H3/b24-23-. The van der Waals surface area contributed by atoms with E-state index in [2.05, 4.69) is 32.9 Å². The average molecular weight is 833 g/mol. The number of hydrogen-bond acceptors (Lipinski definition) is 6.